The Bertz CT molecular complexity index is 442. The molecular formula is C15H19Br2NO. The molecule has 1 N–H and O–H groups in total. The minimum atomic E-state index is 0.417. The molecule has 5 rings (SSSR count). The molecule has 0 aromatic carbocycles. The first-order valence-electron chi connectivity index (χ1n) is 7.31. The second-order valence-corrected chi connectivity index (χ2v) is 8.46. The van der Waals surface area contributed by atoms with Gasteiger partial charge in [0.25, 0.3) is 0 Å². The van der Waals surface area contributed by atoms with Crippen molar-refractivity contribution in [2.24, 2.45) is 17.8 Å². The van der Waals surface area contributed by atoms with Crippen LogP contribution in [-0.2, 0) is 6.54 Å². The van der Waals surface area contributed by atoms with Crippen molar-refractivity contribution in [1.82, 2.24) is 5.32 Å². The molecule has 0 amide bonds. The molecule has 1 heterocycles. The molecule has 0 unspecified atom stereocenters. The Morgan fingerprint density at radius 3 is 2.16 bits per heavy atom. The summed E-state index contributed by atoms with van der Waals surface area (Å²) in [5.74, 6) is 4.01. The van der Waals surface area contributed by atoms with Crippen LogP contribution in [0.3, 0.4) is 0 Å². The van der Waals surface area contributed by atoms with Crippen LogP contribution in [0, 0.1) is 17.8 Å². The maximum atomic E-state index is 5.69. The van der Waals surface area contributed by atoms with Crippen LogP contribution >= 0.6 is 31.9 Å². The van der Waals surface area contributed by atoms with Crippen LogP contribution < -0.4 is 5.32 Å². The zero-order valence-corrected chi connectivity index (χ0v) is 14.1. The fourth-order valence-corrected chi connectivity index (χ4v) is 5.74. The Morgan fingerprint density at radius 2 is 1.68 bits per heavy atom. The lowest BCUT2D eigenvalue weighted by Crippen LogP contribution is -2.58. The van der Waals surface area contributed by atoms with Gasteiger partial charge in [-0.3, -0.25) is 0 Å². The van der Waals surface area contributed by atoms with E-state index in [9.17, 15) is 0 Å². The van der Waals surface area contributed by atoms with Crippen molar-refractivity contribution < 1.29 is 4.42 Å². The van der Waals surface area contributed by atoms with E-state index in [0.717, 1.165) is 39.2 Å². The molecule has 4 heteroatoms. The topological polar surface area (TPSA) is 25.2 Å². The molecule has 0 saturated heterocycles. The van der Waals surface area contributed by atoms with Crippen molar-refractivity contribution in [2.45, 2.75) is 50.6 Å². The highest BCUT2D eigenvalue weighted by Crippen LogP contribution is 2.55. The minimum absolute atomic E-state index is 0.417. The van der Waals surface area contributed by atoms with Gasteiger partial charge in [0, 0.05) is 5.54 Å². The molecule has 1 aromatic rings. The Kier molecular flexibility index (Phi) is 3.13. The van der Waals surface area contributed by atoms with Gasteiger partial charge in [0.15, 0.2) is 4.67 Å². The monoisotopic (exact) mass is 387 g/mol. The van der Waals surface area contributed by atoms with Crippen LogP contribution in [0.5, 0.6) is 0 Å². The normalized spacial score (nSPS) is 40.0. The maximum absolute atomic E-state index is 5.69. The summed E-state index contributed by atoms with van der Waals surface area (Å²) in [6, 6.07) is 2.07. The molecule has 4 aliphatic rings. The summed E-state index contributed by atoms with van der Waals surface area (Å²) in [5, 5.41) is 3.85. The van der Waals surface area contributed by atoms with Crippen molar-refractivity contribution in [3.05, 3.63) is 21.0 Å². The Balaban J connectivity index is 1.47. The van der Waals surface area contributed by atoms with Crippen molar-refractivity contribution >= 4 is 31.9 Å². The number of hydrogen-bond donors (Lipinski definition) is 1. The largest absolute Gasteiger partial charge is 0.452 e. The van der Waals surface area contributed by atoms with Gasteiger partial charge in [-0.05, 0) is 94.2 Å². The van der Waals surface area contributed by atoms with Crippen LogP contribution in [0.25, 0.3) is 0 Å². The second-order valence-electron chi connectivity index (χ2n) is 6.89. The molecule has 0 spiro atoms. The molecular weight excluding hydrogens is 370 g/mol. The van der Waals surface area contributed by atoms with Gasteiger partial charge in [0.1, 0.15) is 5.76 Å². The summed E-state index contributed by atoms with van der Waals surface area (Å²) in [4.78, 5) is 0. The molecule has 0 radical (unpaired) electrons. The molecule has 104 valence electrons. The van der Waals surface area contributed by atoms with Crippen molar-refractivity contribution in [3.63, 3.8) is 0 Å². The Hall–Kier alpha value is 0.200. The van der Waals surface area contributed by atoms with E-state index >= 15 is 0 Å². The smallest absolute Gasteiger partial charge is 0.183 e. The number of halogens is 2. The first kappa shape index (κ1) is 12.9. The van der Waals surface area contributed by atoms with Gasteiger partial charge in [-0.1, -0.05) is 0 Å². The second kappa shape index (κ2) is 4.60. The van der Waals surface area contributed by atoms with E-state index in [1.54, 1.807) is 0 Å². The van der Waals surface area contributed by atoms with Gasteiger partial charge in [-0.15, -0.1) is 0 Å². The van der Waals surface area contributed by atoms with E-state index < -0.39 is 0 Å². The first-order valence-corrected chi connectivity index (χ1v) is 8.89. The molecule has 0 aliphatic heterocycles. The van der Waals surface area contributed by atoms with Crippen LogP contribution in [-0.4, -0.2) is 5.54 Å². The molecule has 2 nitrogen and oxygen atoms in total. The zero-order valence-electron chi connectivity index (χ0n) is 10.9. The van der Waals surface area contributed by atoms with E-state index in [-0.39, 0.29) is 0 Å². The molecule has 4 fully saturated rings. The highest BCUT2D eigenvalue weighted by atomic mass is 79.9. The first-order chi connectivity index (χ1) is 9.12. The van der Waals surface area contributed by atoms with Gasteiger partial charge in [0.05, 0.1) is 11.0 Å². The van der Waals surface area contributed by atoms with Gasteiger partial charge < -0.3 is 9.73 Å². The zero-order chi connectivity index (χ0) is 13.0. The summed E-state index contributed by atoms with van der Waals surface area (Å²) in [6.45, 7) is 0.858. The van der Waals surface area contributed by atoms with Gasteiger partial charge in [0.2, 0.25) is 0 Å². The predicted molar refractivity (Wildman–Crippen MR) is 81.9 cm³/mol. The summed E-state index contributed by atoms with van der Waals surface area (Å²) >= 11 is 6.89. The van der Waals surface area contributed by atoms with E-state index in [4.69, 9.17) is 4.42 Å². The van der Waals surface area contributed by atoms with E-state index in [1.165, 1.54) is 38.5 Å². The third-order valence-electron chi connectivity index (χ3n) is 5.37. The molecule has 0 atom stereocenters. The fourth-order valence-electron chi connectivity index (χ4n) is 5.08. The van der Waals surface area contributed by atoms with E-state index in [0.29, 0.717) is 5.54 Å². The van der Waals surface area contributed by atoms with Crippen molar-refractivity contribution in [3.8, 4) is 0 Å². The van der Waals surface area contributed by atoms with E-state index in [1.807, 2.05) is 0 Å². The van der Waals surface area contributed by atoms with E-state index in [2.05, 4.69) is 43.2 Å². The van der Waals surface area contributed by atoms with Crippen molar-refractivity contribution in [1.29, 1.82) is 0 Å². The number of rotatable bonds is 3. The maximum Gasteiger partial charge on any atom is 0.183 e. The summed E-state index contributed by atoms with van der Waals surface area (Å²) < 4.78 is 7.49. The van der Waals surface area contributed by atoms with Crippen LogP contribution in [0.1, 0.15) is 44.3 Å². The number of hydrogen-bond acceptors (Lipinski definition) is 2. The van der Waals surface area contributed by atoms with Gasteiger partial charge in [-0.25, -0.2) is 0 Å². The van der Waals surface area contributed by atoms with Crippen LogP contribution in [0.4, 0.5) is 0 Å². The predicted octanol–water partition coefficient (Wildman–Crippen LogP) is 4.86. The molecule has 4 aliphatic carbocycles. The highest BCUT2D eigenvalue weighted by Gasteiger charge is 2.50. The molecule has 19 heavy (non-hydrogen) atoms. The lowest BCUT2D eigenvalue weighted by atomic mass is 9.53. The average molecular weight is 389 g/mol. The van der Waals surface area contributed by atoms with Gasteiger partial charge >= 0.3 is 0 Å². The molecule has 4 saturated carbocycles. The van der Waals surface area contributed by atoms with Gasteiger partial charge in [-0.2, -0.15) is 0 Å². The third kappa shape index (κ3) is 2.34. The molecule has 1 aromatic heterocycles. The fraction of sp³-hybridized carbons (Fsp3) is 0.733. The summed E-state index contributed by atoms with van der Waals surface area (Å²) in [6.07, 6.45) is 8.67. The Morgan fingerprint density at radius 1 is 1.11 bits per heavy atom. The summed E-state index contributed by atoms with van der Waals surface area (Å²) in [5.41, 5.74) is 0.417. The lowest BCUT2D eigenvalue weighted by molar-refractivity contribution is -0.0213. The number of nitrogens with one attached hydrogen (secondary N) is 1. The third-order valence-corrected chi connectivity index (χ3v) is 7.08. The standard InChI is InChI=1S/C15H19Br2NO/c16-13-4-12(19-14(13)17)8-18-15-5-9-1-10(6-15)3-11(2-9)7-15/h4,9-11,18H,1-3,5-8H2. The Labute approximate surface area is 131 Å². The van der Waals surface area contributed by atoms with Crippen LogP contribution in [0.2, 0.25) is 0 Å². The average Bonchev–Trinajstić information content (AvgIpc) is 2.65. The quantitative estimate of drug-likeness (QED) is 0.799. The minimum Gasteiger partial charge on any atom is -0.452 e. The van der Waals surface area contributed by atoms with Crippen LogP contribution in [0.15, 0.2) is 19.6 Å². The summed E-state index contributed by atoms with van der Waals surface area (Å²) in [7, 11) is 0. The highest BCUT2D eigenvalue weighted by molar-refractivity contribution is 9.13. The molecule has 4 bridgehead atoms. The SMILES string of the molecule is Brc1cc(CNC23CC4CC(CC(C4)C2)C3)oc1Br. The lowest BCUT2D eigenvalue weighted by Gasteiger charge is -2.57. The van der Waals surface area contributed by atoms with Crippen molar-refractivity contribution in [2.75, 3.05) is 0 Å². The number of furan rings is 1.